The second-order valence-electron chi connectivity index (χ2n) is 9.59. The van der Waals surface area contributed by atoms with Crippen LogP contribution in [0.15, 0.2) is 0 Å². The highest BCUT2D eigenvalue weighted by Gasteiger charge is 2.36. The van der Waals surface area contributed by atoms with Crippen molar-refractivity contribution in [2.24, 2.45) is 0 Å². The van der Waals surface area contributed by atoms with Gasteiger partial charge in [0.1, 0.15) is 11.9 Å². The second kappa shape index (κ2) is 15.0. The van der Waals surface area contributed by atoms with Crippen LogP contribution in [-0.4, -0.2) is 66.8 Å². The summed E-state index contributed by atoms with van der Waals surface area (Å²) >= 11 is 0. The summed E-state index contributed by atoms with van der Waals surface area (Å²) in [6, 6.07) is 0.0473. The molecule has 0 aromatic heterocycles. The first-order valence-electron chi connectivity index (χ1n) is 12.6. The molecule has 0 fully saturated rings. The second-order valence-corrected chi connectivity index (χ2v) is 9.59. The number of nitrogens with zero attached hydrogens (tertiary/aromatic N) is 1. The molecule has 0 atom stereocenters. The van der Waals surface area contributed by atoms with E-state index in [1.807, 2.05) is 32.6 Å². The Morgan fingerprint density at radius 2 is 1.47 bits per heavy atom. The van der Waals surface area contributed by atoms with Crippen molar-refractivity contribution in [1.29, 1.82) is 0 Å². The van der Waals surface area contributed by atoms with Crippen molar-refractivity contribution >= 4 is 12.2 Å². The first kappa shape index (κ1) is 31.0. The summed E-state index contributed by atoms with van der Waals surface area (Å²) in [6.45, 7) is 17.7. The van der Waals surface area contributed by atoms with Crippen LogP contribution in [0, 0.1) is 0 Å². The van der Waals surface area contributed by atoms with Crippen molar-refractivity contribution in [2.75, 3.05) is 26.9 Å². The van der Waals surface area contributed by atoms with E-state index < -0.39 is 5.60 Å². The van der Waals surface area contributed by atoms with Crippen LogP contribution in [0.3, 0.4) is 0 Å². The zero-order valence-corrected chi connectivity index (χ0v) is 22.4. The molecule has 1 amide bonds. The maximum Gasteiger partial charge on any atom is 0.254 e. The lowest BCUT2D eigenvalue weighted by atomic mass is 9.91. The topological polar surface area (TPSA) is 65.1 Å². The molecular formula is C26H51NO5. The molecule has 190 valence electrons. The summed E-state index contributed by atoms with van der Waals surface area (Å²) in [5.74, 6) is -0.0216. The van der Waals surface area contributed by atoms with E-state index in [0.717, 1.165) is 51.2 Å². The smallest absolute Gasteiger partial charge is 0.254 e. The van der Waals surface area contributed by atoms with E-state index >= 15 is 0 Å². The van der Waals surface area contributed by atoms with Gasteiger partial charge in [-0.05, 0) is 72.6 Å². The fourth-order valence-corrected chi connectivity index (χ4v) is 4.24. The molecule has 0 bridgehead atoms. The summed E-state index contributed by atoms with van der Waals surface area (Å²) in [5.41, 5.74) is -1.34. The molecule has 0 saturated heterocycles. The van der Waals surface area contributed by atoms with E-state index in [-0.39, 0.29) is 23.2 Å². The average molecular weight is 458 g/mol. The van der Waals surface area contributed by atoms with Crippen molar-refractivity contribution in [3.63, 3.8) is 0 Å². The molecule has 0 spiro atoms. The third-order valence-corrected chi connectivity index (χ3v) is 7.13. The summed E-state index contributed by atoms with van der Waals surface area (Å²) in [6.07, 6.45) is 7.59. The third kappa shape index (κ3) is 9.48. The molecule has 0 saturated carbocycles. The Morgan fingerprint density at radius 1 is 0.906 bits per heavy atom. The summed E-state index contributed by atoms with van der Waals surface area (Å²) < 4.78 is 18.1. The highest BCUT2D eigenvalue weighted by atomic mass is 16.5. The molecule has 0 aliphatic carbocycles. The molecule has 0 N–H and O–H groups in total. The minimum atomic E-state index is -0.915. The molecule has 0 rings (SSSR count). The molecule has 0 radical (unpaired) electrons. The number of hydrogen-bond donors (Lipinski definition) is 0. The number of unbranched alkanes of at least 4 members (excludes halogenated alkanes) is 1. The van der Waals surface area contributed by atoms with Gasteiger partial charge in [0.2, 0.25) is 0 Å². The van der Waals surface area contributed by atoms with Gasteiger partial charge in [0, 0.05) is 26.1 Å². The van der Waals surface area contributed by atoms with Gasteiger partial charge in [-0.1, -0.05) is 27.7 Å². The Hall–Kier alpha value is -0.980. The first-order valence-corrected chi connectivity index (χ1v) is 12.6. The standard InChI is InChI=1S/C26H51NO5/c1-10-25(11-2,30-9)17-20-31-24(7,8)23(29)27(22(5)6)18-21-32-26(12-3,13-4)16-14-15-19-28/h19,22H,10-18,20-21H2,1-9H3. The van der Waals surface area contributed by atoms with Gasteiger partial charge in [-0.25, -0.2) is 0 Å². The van der Waals surface area contributed by atoms with Crippen molar-refractivity contribution in [3.05, 3.63) is 0 Å². The van der Waals surface area contributed by atoms with Crippen LogP contribution < -0.4 is 0 Å². The lowest BCUT2D eigenvalue weighted by Crippen LogP contribution is -2.51. The van der Waals surface area contributed by atoms with Crippen LogP contribution in [0.2, 0.25) is 0 Å². The van der Waals surface area contributed by atoms with Gasteiger partial charge in [-0.3, -0.25) is 4.79 Å². The number of methoxy groups -OCH3 is 1. The largest absolute Gasteiger partial charge is 0.378 e. The van der Waals surface area contributed by atoms with Gasteiger partial charge in [-0.15, -0.1) is 0 Å². The number of carbonyl (C=O) groups excluding carboxylic acids is 2. The van der Waals surface area contributed by atoms with Gasteiger partial charge in [0.15, 0.2) is 0 Å². The number of hydrogen-bond acceptors (Lipinski definition) is 5. The lowest BCUT2D eigenvalue weighted by molar-refractivity contribution is -0.160. The van der Waals surface area contributed by atoms with E-state index in [9.17, 15) is 9.59 Å². The predicted molar refractivity (Wildman–Crippen MR) is 131 cm³/mol. The molecule has 0 heterocycles. The first-order chi connectivity index (χ1) is 15.0. The maximum atomic E-state index is 13.4. The quantitative estimate of drug-likeness (QED) is 0.188. The van der Waals surface area contributed by atoms with Crippen LogP contribution in [-0.2, 0) is 23.8 Å². The number of ether oxygens (including phenoxy) is 3. The number of aldehydes is 1. The minimum absolute atomic E-state index is 0.0216. The molecule has 32 heavy (non-hydrogen) atoms. The van der Waals surface area contributed by atoms with Gasteiger partial charge >= 0.3 is 0 Å². The minimum Gasteiger partial charge on any atom is -0.378 e. The molecule has 6 nitrogen and oxygen atoms in total. The monoisotopic (exact) mass is 457 g/mol. The zero-order valence-electron chi connectivity index (χ0n) is 22.4. The van der Waals surface area contributed by atoms with Crippen molar-refractivity contribution in [3.8, 4) is 0 Å². The molecular weight excluding hydrogens is 406 g/mol. The number of rotatable bonds is 19. The van der Waals surface area contributed by atoms with Crippen molar-refractivity contribution in [1.82, 2.24) is 4.90 Å². The SMILES string of the molecule is CCC(CC)(CCOC(C)(C)C(=O)N(CCOC(CC)(CC)CCCC=O)C(C)C)OC. The van der Waals surface area contributed by atoms with Crippen LogP contribution >= 0.6 is 0 Å². The third-order valence-electron chi connectivity index (χ3n) is 7.13. The van der Waals surface area contributed by atoms with E-state index in [4.69, 9.17) is 14.2 Å². The Labute approximate surface area is 197 Å². The molecule has 0 aromatic rings. The molecule has 6 heteroatoms. The lowest BCUT2D eigenvalue weighted by Gasteiger charge is -2.37. The summed E-state index contributed by atoms with van der Waals surface area (Å²) in [7, 11) is 1.75. The Bertz CT molecular complexity index is 516. The molecule has 0 aromatic carbocycles. The zero-order chi connectivity index (χ0) is 24.8. The predicted octanol–water partition coefficient (Wildman–Crippen LogP) is 5.56. The van der Waals surface area contributed by atoms with E-state index in [1.54, 1.807) is 7.11 Å². The fourth-order valence-electron chi connectivity index (χ4n) is 4.24. The maximum absolute atomic E-state index is 13.4. The van der Waals surface area contributed by atoms with Gasteiger partial charge in [0.05, 0.1) is 24.4 Å². The van der Waals surface area contributed by atoms with Crippen LogP contribution in [0.5, 0.6) is 0 Å². The average Bonchev–Trinajstić information content (AvgIpc) is 2.78. The van der Waals surface area contributed by atoms with Crippen LogP contribution in [0.1, 0.15) is 107 Å². The van der Waals surface area contributed by atoms with Crippen molar-refractivity contribution in [2.45, 2.75) is 130 Å². The van der Waals surface area contributed by atoms with Gasteiger partial charge in [0.25, 0.3) is 5.91 Å². The van der Waals surface area contributed by atoms with E-state index in [1.165, 1.54) is 0 Å². The fraction of sp³-hybridized carbons (Fsp3) is 0.923. The normalized spacial score (nSPS) is 12.9. The molecule has 0 aliphatic rings. The van der Waals surface area contributed by atoms with Gasteiger partial charge in [-0.2, -0.15) is 0 Å². The number of carbonyl (C=O) groups is 2. The molecule has 0 aliphatic heterocycles. The Kier molecular flexibility index (Phi) is 14.6. The summed E-state index contributed by atoms with van der Waals surface area (Å²) in [5, 5.41) is 0. The highest BCUT2D eigenvalue weighted by Crippen LogP contribution is 2.28. The van der Waals surface area contributed by atoms with E-state index in [2.05, 4.69) is 27.7 Å². The Morgan fingerprint density at radius 3 is 1.91 bits per heavy atom. The van der Waals surface area contributed by atoms with Crippen LogP contribution in [0.25, 0.3) is 0 Å². The van der Waals surface area contributed by atoms with E-state index in [0.29, 0.717) is 26.2 Å². The van der Waals surface area contributed by atoms with Gasteiger partial charge < -0.3 is 23.9 Å². The highest BCUT2D eigenvalue weighted by molar-refractivity contribution is 5.84. The van der Waals surface area contributed by atoms with Crippen LogP contribution in [0.4, 0.5) is 0 Å². The Balaban J connectivity index is 5.02. The number of amides is 1. The summed E-state index contributed by atoms with van der Waals surface area (Å²) in [4.78, 5) is 25.9. The van der Waals surface area contributed by atoms with Crippen molar-refractivity contribution < 1.29 is 23.8 Å². The molecule has 0 unspecified atom stereocenters.